The molecule has 2 unspecified atom stereocenters. The lowest BCUT2D eigenvalue weighted by Crippen LogP contribution is -2.57. The molecule has 10 nitrogen and oxygen atoms in total. The molecule has 3 heterocycles. The van der Waals surface area contributed by atoms with Crippen molar-refractivity contribution in [2.75, 3.05) is 19.8 Å². The van der Waals surface area contributed by atoms with Crippen molar-refractivity contribution in [1.29, 1.82) is 0 Å². The molecule has 0 saturated carbocycles. The van der Waals surface area contributed by atoms with E-state index in [4.69, 9.17) is 9.47 Å². The lowest BCUT2D eigenvalue weighted by Gasteiger charge is -2.45. The number of rotatable bonds is 5. The van der Waals surface area contributed by atoms with E-state index in [2.05, 4.69) is 5.32 Å². The van der Waals surface area contributed by atoms with Gasteiger partial charge in [-0.05, 0) is 94.0 Å². The second kappa shape index (κ2) is 11.7. The minimum atomic E-state index is -1.07. The Morgan fingerprint density at radius 3 is 2.34 bits per heavy atom. The van der Waals surface area contributed by atoms with Gasteiger partial charge in [-0.1, -0.05) is 6.07 Å². The first-order valence-electron chi connectivity index (χ1n) is 14.3. The smallest absolute Gasteiger partial charge is 0.410 e. The lowest BCUT2D eigenvalue weighted by atomic mass is 9.91. The molecule has 2 bridgehead atoms. The quantitative estimate of drug-likeness (QED) is 0.508. The number of benzene rings is 2. The van der Waals surface area contributed by atoms with Crippen molar-refractivity contribution >= 4 is 17.9 Å². The number of ether oxygens (including phenoxy) is 2. The van der Waals surface area contributed by atoms with Gasteiger partial charge in [0.1, 0.15) is 11.4 Å². The zero-order chi connectivity index (χ0) is 29.3. The maximum Gasteiger partial charge on any atom is 0.410 e. The molecule has 2 aromatic rings. The number of phenols is 1. The SMILES string of the molecule is CC(C)(C)OC(=O)N1Cc2cc(O)ccc2C[C@H]1[C@H](O)CNC(=O)c1ccc(C(=O)N2C3CCCC2COC3)cc1. The summed E-state index contributed by atoms with van der Waals surface area (Å²) in [4.78, 5) is 42.6. The molecule has 3 aliphatic rings. The third kappa shape index (κ3) is 6.49. The molecule has 3 amide bonds. The largest absolute Gasteiger partial charge is 0.508 e. The van der Waals surface area contributed by atoms with Gasteiger partial charge in [0.25, 0.3) is 11.8 Å². The molecule has 2 aromatic carbocycles. The van der Waals surface area contributed by atoms with Crippen molar-refractivity contribution in [3.8, 4) is 5.75 Å². The molecule has 0 spiro atoms. The maximum atomic E-state index is 13.2. The van der Waals surface area contributed by atoms with E-state index >= 15 is 0 Å². The summed E-state index contributed by atoms with van der Waals surface area (Å²) in [5, 5.41) is 23.8. The molecule has 0 aliphatic carbocycles. The van der Waals surface area contributed by atoms with E-state index in [-0.39, 0.29) is 36.8 Å². The van der Waals surface area contributed by atoms with E-state index in [1.807, 2.05) is 4.90 Å². The zero-order valence-corrected chi connectivity index (χ0v) is 23.8. The topological polar surface area (TPSA) is 129 Å². The minimum Gasteiger partial charge on any atom is -0.508 e. The Morgan fingerprint density at radius 2 is 1.68 bits per heavy atom. The second-order valence-corrected chi connectivity index (χ2v) is 12.2. The van der Waals surface area contributed by atoms with Crippen LogP contribution in [0.3, 0.4) is 0 Å². The van der Waals surface area contributed by atoms with Crippen molar-refractivity contribution in [2.24, 2.45) is 0 Å². The van der Waals surface area contributed by atoms with Crippen LogP contribution in [0.5, 0.6) is 5.75 Å². The number of aliphatic hydroxyl groups excluding tert-OH is 1. The first-order valence-corrected chi connectivity index (χ1v) is 14.3. The number of morpholine rings is 1. The van der Waals surface area contributed by atoms with Crippen LogP contribution in [0.25, 0.3) is 0 Å². The summed E-state index contributed by atoms with van der Waals surface area (Å²) in [5.41, 5.74) is 1.85. The number of aliphatic hydroxyl groups is 1. The molecule has 220 valence electrons. The number of phenolic OH excluding ortho intramolecular Hbond substituents is 1. The Balaban J connectivity index is 1.23. The summed E-state index contributed by atoms with van der Waals surface area (Å²) in [7, 11) is 0. The standard InChI is InChI=1S/C31H39N3O7/c1-31(2,3)41-30(39)33-16-22-13-25(35)12-11-21(22)14-26(33)27(36)15-32-28(37)19-7-9-20(10-8-19)29(38)34-23-5-4-6-24(34)18-40-17-23/h7-13,23-24,26-27,35-36H,4-6,14-18H2,1-3H3,(H,32,37)/t23?,24?,26-,27+/m0/s1. The van der Waals surface area contributed by atoms with E-state index in [1.165, 1.54) is 4.90 Å². The minimum absolute atomic E-state index is 0.0430. The number of hydrogen-bond acceptors (Lipinski definition) is 7. The predicted octanol–water partition coefficient (Wildman–Crippen LogP) is 3.24. The number of carbonyl (C=O) groups is 3. The first kappa shape index (κ1) is 28.9. The number of aromatic hydroxyl groups is 1. The molecular formula is C31H39N3O7. The van der Waals surface area contributed by atoms with Gasteiger partial charge in [0, 0.05) is 24.2 Å². The first-order chi connectivity index (χ1) is 19.5. The van der Waals surface area contributed by atoms with E-state index < -0.39 is 29.7 Å². The Bertz CT molecular complexity index is 1270. The van der Waals surface area contributed by atoms with Gasteiger partial charge in [0.15, 0.2) is 0 Å². The molecule has 2 fully saturated rings. The molecule has 2 saturated heterocycles. The van der Waals surface area contributed by atoms with Gasteiger partial charge in [0.2, 0.25) is 0 Å². The number of nitrogens with zero attached hydrogens (tertiary/aromatic N) is 2. The summed E-state index contributed by atoms with van der Waals surface area (Å²) < 4.78 is 11.2. The van der Waals surface area contributed by atoms with Crippen LogP contribution in [0.4, 0.5) is 4.79 Å². The number of carbonyl (C=O) groups excluding carboxylic acids is 3. The van der Waals surface area contributed by atoms with Crippen LogP contribution < -0.4 is 5.32 Å². The van der Waals surface area contributed by atoms with Gasteiger partial charge < -0.3 is 29.9 Å². The van der Waals surface area contributed by atoms with Crippen LogP contribution in [-0.2, 0) is 22.4 Å². The van der Waals surface area contributed by atoms with Gasteiger partial charge >= 0.3 is 6.09 Å². The second-order valence-electron chi connectivity index (χ2n) is 12.2. The fraction of sp³-hybridized carbons (Fsp3) is 0.516. The van der Waals surface area contributed by atoms with E-state index in [0.29, 0.717) is 30.8 Å². The highest BCUT2D eigenvalue weighted by Gasteiger charge is 2.39. The van der Waals surface area contributed by atoms with Gasteiger partial charge in [-0.25, -0.2) is 4.79 Å². The third-order valence-electron chi connectivity index (χ3n) is 8.01. The van der Waals surface area contributed by atoms with Crippen LogP contribution in [0.1, 0.15) is 71.9 Å². The van der Waals surface area contributed by atoms with Crippen LogP contribution in [0, 0.1) is 0 Å². The average Bonchev–Trinajstić information content (AvgIpc) is 2.93. The maximum absolute atomic E-state index is 13.2. The van der Waals surface area contributed by atoms with E-state index in [0.717, 1.165) is 30.4 Å². The Kier molecular flexibility index (Phi) is 8.24. The Hall–Kier alpha value is -3.63. The number of piperidine rings is 1. The Morgan fingerprint density at radius 1 is 1.02 bits per heavy atom. The van der Waals surface area contributed by atoms with Crippen molar-refractivity contribution < 1.29 is 34.1 Å². The normalized spacial score (nSPS) is 22.9. The van der Waals surface area contributed by atoms with Gasteiger partial charge in [-0.3, -0.25) is 14.5 Å². The molecule has 41 heavy (non-hydrogen) atoms. The van der Waals surface area contributed by atoms with E-state index in [9.17, 15) is 24.6 Å². The lowest BCUT2D eigenvalue weighted by molar-refractivity contribution is -0.0565. The summed E-state index contributed by atoms with van der Waals surface area (Å²) in [6, 6.07) is 11.1. The molecule has 0 radical (unpaired) electrons. The van der Waals surface area contributed by atoms with Crippen LogP contribution in [0.2, 0.25) is 0 Å². The highest BCUT2D eigenvalue weighted by molar-refractivity contribution is 5.98. The van der Waals surface area contributed by atoms with Crippen molar-refractivity contribution in [2.45, 2.75) is 82.8 Å². The van der Waals surface area contributed by atoms with Crippen molar-refractivity contribution in [3.63, 3.8) is 0 Å². The average molecular weight is 566 g/mol. The highest BCUT2D eigenvalue weighted by Crippen LogP contribution is 2.30. The summed E-state index contributed by atoms with van der Waals surface area (Å²) in [5.74, 6) is -0.338. The fourth-order valence-corrected chi connectivity index (χ4v) is 5.97. The highest BCUT2D eigenvalue weighted by atomic mass is 16.6. The third-order valence-corrected chi connectivity index (χ3v) is 8.01. The number of amides is 3. The summed E-state index contributed by atoms with van der Waals surface area (Å²) >= 11 is 0. The van der Waals surface area contributed by atoms with Crippen LogP contribution in [0.15, 0.2) is 42.5 Å². The molecule has 4 atom stereocenters. The van der Waals surface area contributed by atoms with Gasteiger partial charge in [-0.15, -0.1) is 0 Å². The zero-order valence-electron chi connectivity index (χ0n) is 23.8. The van der Waals surface area contributed by atoms with E-state index in [1.54, 1.807) is 63.2 Å². The van der Waals surface area contributed by atoms with Crippen molar-refractivity contribution in [1.82, 2.24) is 15.1 Å². The molecular weight excluding hydrogens is 526 g/mol. The fourth-order valence-electron chi connectivity index (χ4n) is 5.97. The van der Waals surface area contributed by atoms with Crippen LogP contribution in [-0.4, -0.2) is 87.5 Å². The predicted molar refractivity (Wildman–Crippen MR) is 151 cm³/mol. The van der Waals surface area contributed by atoms with Gasteiger partial charge in [-0.2, -0.15) is 0 Å². The Labute approximate surface area is 240 Å². The molecule has 0 aromatic heterocycles. The summed E-state index contributed by atoms with van der Waals surface area (Å²) in [6.45, 7) is 6.50. The summed E-state index contributed by atoms with van der Waals surface area (Å²) in [6.07, 6.45) is 1.66. The van der Waals surface area contributed by atoms with Crippen LogP contribution >= 0.6 is 0 Å². The number of fused-ring (bicyclic) bond motifs is 3. The molecule has 3 aliphatic heterocycles. The monoisotopic (exact) mass is 565 g/mol. The number of hydrogen-bond donors (Lipinski definition) is 3. The molecule has 3 N–H and O–H groups in total. The van der Waals surface area contributed by atoms with Gasteiger partial charge in [0.05, 0.1) is 37.4 Å². The molecule has 5 rings (SSSR count). The molecule has 10 heteroatoms. The number of nitrogens with one attached hydrogen (secondary N) is 1. The van der Waals surface area contributed by atoms with Crippen molar-refractivity contribution in [3.05, 3.63) is 64.7 Å².